The number of carbonyl (C=O) groups is 2. The molecule has 0 bridgehead atoms. The van der Waals surface area contributed by atoms with Crippen LogP contribution in [0.1, 0.15) is 51.8 Å². The van der Waals surface area contributed by atoms with Gasteiger partial charge in [-0.25, -0.2) is 4.79 Å². The largest absolute Gasteiger partial charge is 0.455 e. The second-order valence-electron chi connectivity index (χ2n) is 7.17. The van der Waals surface area contributed by atoms with Crippen molar-refractivity contribution in [2.45, 2.75) is 52.4 Å². The van der Waals surface area contributed by atoms with E-state index in [2.05, 4.69) is 5.32 Å². The second-order valence-corrected chi connectivity index (χ2v) is 7.17. The molecule has 1 amide bonds. The fourth-order valence-electron chi connectivity index (χ4n) is 2.40. The van der Waals surface area contributed by atoms with Crippen molar-refractivity contribution in [2.24, 2.45) is 5.92 Å². The summed E-state index contributed by atoms with van der Waals surface area (Å²) in [5.41, 5.74) is 1.28. The first kappa shape index (κ1) is 18.0. The maximum atomic E-state index is 12.2. The topological polar surface area (TPSA) is 64.6 Å². The molecule has 1 aromatic carbocycles. The SMILES string of the molecule is CC(C)C(=O)O[C@H]1C=Cc2ccccc2[C@@H]1NC(=O)OC(C)(C)C. The van der Waals surface area contributed by atoms with Gasteiger partial charge in [-0.1, -0.05) is 44.2 Å². The lowest BCUT2D eigenvalue weighted by atomic mass is 9.90. The van der Waals surface area contributed by atoms with Gasteiger partial charge in [0, 0.05) is 0 Å². The average molecular weight is 331 g/mol. The third-order valence-electron chi connectivity index (χ3n) is 3.52. The first-order valence-electron chi connectivity index (χ1n) is 8.14. The molecule has 0 fully saturated rings. The van der Waals surface area contributed by atoms with Crippen molar-refractivity contribution in [3.63, 3.8) is 0 Å². The number of ether oxygens (including phenoxy) is 2. The van der Waals surface area contributed by atoms with Crippen molar-refractivity contribution in [1.82, 2.24) is 5.32 Å². The summed E-state index contributed by atoms with van der Waals surface area (Å²) < 4.78 is 10.9. The number of alkyl carbamates (subject to hydrolysis) is 1. The van der Waals surface area contributed by atoms with Crippen LogP contribution >= 0.6 is 0 Å². The van der Waals surface area contributed by atoms with Crippen molar-refractivity contribution in [3.05, 3.63) is 41.5 Å². The molecule has 1 aromatic rings. The number of carbonyl (C=O) groups excluding carboxylic acids is 2. The van der Waals surface area contributed by atoms with Gasteiger partial charge in [0.05, 0.1) is 12.0 Å². The smallest absolute Gasteiger partial charge is 0.408 e. The van der Waals surface area contributed by atoms with Gasteiger partial charge in [0.1, 0.15) is 11.7 Å². The molecule has 24 heavy (non-hydrogen) atoms. The zero-order valence-electron chi connectivity index (χ0n) is 14.8. The Kier molecular flexibility index (Phi) is 5.32. The molecule has 0 unspecified atom stereocenters. The van der Waals surface area contributed by atoms with Crippen molar-refractivity contribution in [2.75, 3.05) is 0 Å². The summed E-state index contributed by atoms with van der Waals surface area (Å²) in [6, 6.07) is 7.20. The molecule has 0 saturated heterocycles. The average Bonchev–Trinajstić information content (AvgIpc) is 2.47. The van der Waals surface area contributed by atoms with E-state index in [0.717, 1.165) is 11.1 Å². The van der Waals surface area contributed by atoms with Gasteiger partial charge in [-0.2, -0.15) is 0 Å². The molecule has 2 rings (SSSR count). The van der Waals surface area contributed by atoms with Crippen LogP contribution in [0, 0.1) is 5.92 Å². The fourth-order valence-corrected chi connectivity index (χ4v) is 2.40. The van der Waals surface area contributed by atoms with Crippen molar-refractivity contribution < 1.29 is 19.1 Å². The Morgan fingerprint density at radius 1 is 1.17 bits per heavy atom. The van der Waals surface area contributed by atoms with Crippen LogP contribution < -0.4 is 5.32 Å². The zero-order chi connectivity index (χ0) is 17.9. The van der Waals surface area contributed by atoms with E-state index in [1.807, 2.05) is 30.3 Å². The van der Waals surface area contributed by atoms with Crippen LogP contribution in [-0.4, -0.2) is 23.8 Å². The molecule has 1 aliphatic carbocycles. The number of hydrogen-bond donors (Lipinski definition) is 1. The summed E-state index contributed by atoms with van der Waals surface area (Å²) in [4.78, 5) is 24.2. The summed E-state index contributed by atoms with van der Waals surface area (Å²) in [6.07, 6.45) is 2.59. The number of rotatable bonds is 3. The highest BCUT2D eigenvalue weighted by molar-refractivity contribution is 5.74. The molecule has 0 radical (unpaired) electrons. The molecule has 0 heterocycles. The quantitative estimate of drug-likeness (QED) is 0.855. The van der Waals surface area contributed by atoms with Gasteiger partial charge in [0.2, 0.25) is 0 Å². The van der Waals surface area contributed by atoms with Gasteiger partial charge in [0.25, 0.3) is 0 Å². The van der Waals surface area contributed by atoms with Gasteiger partial charge in [0.15, 0.2) is 0 Å². The lowest BCUT2D eigenvalue weighted by molar-refractivity contribution is -0.152. The van der Waals surface area contributed by atoms with E-state index in [1.165, 1.54) is 0 Å². The minimum atomic E-state index is -0.599. The van der Waals surface area contributed by atoms with Crippen molar-refractivity contribution in [3.8, 4) is 0 Å². The minimum Gasteiger partial charge on any atom is -0.455 e. The Labute approximate surface area is 143 Å². The highest BCUT2D eigenvalue weighted by Crippen LogP contribution is 2.30. The molecule has 1 aliphatic rings. The predicted molar refractivity (Wildman–Crippen MR) is 92.3 cm³/mol. The minimum absolute atomic E-state index is 0.238. The van der Waals surface area contributed by atoms with Crippen LogP contribution in [0.15, 0.2) is 30.3 Å². The van der Waals surface area contributed by atoms with E-state index in [9.17, 15) is 9.59 Å². The summed E-state index contributed by atoms with van der Waals surface area (Å²) >= 11 is 0. The molecule has 0 aliphatic heterocycles. The lowest BCUT2D eigenvalue weighted by Gasteiger charge is -2.31. The van der Waals surface area contributed by atoms with Crippen molar-refractivity contribution >= 4 is 18.1 Å². The van der Waals surface area contributed by atoms with Gasteiger partial charge in [-0.15, -0.1) is 0 Å². The van der Waals surface area contributed by atoms with Crippen LogP contribution in [0.25, 0.3) is 6.08 Å². The second kappa shape index (κ2) is 7.07. The van der Waals surface area contributed by atoms with Crippen LogP contribution in [-0.2, 0) is 14.3 Å². The Balaban J connectivity index is 2.24. The normalized spacial score (nSPS) is 19.6. The first-order chi connectivity index (χ1) is 11.2. The maximum Gasteiger partial charge on any atom is 0.408 e. The maximum absolute atomic E-state index is 12.2. The van der Waals surface area contributed by atoms with Gasteiger partial charge >= 0.3 is 12.1 Å². The monoisotopic (exact) mass is 331 g/mol. The molecule has 130 valence electrons. The third-order valence-corrected chi connectivity index (χ3v) is 3.52. The Bertz CT molecular complexity index is 643. The highest BCUT2D eigenvalue weighted by atomic mass is 16.6. The molecule has 0 spiro atoms. The number of fused-ring (bicyclic) bond motifs is 1. The van der Waals surface area contributed by atoms with Gasteiger partial charge in [-0.3, -0.25) is 4.79 Å². The summed E-state index contributed by atoms with van der Waals surface area (Å²) in [5.74, 6) is -0.544. The number of hydrogen-bond acceptors (Lipinski definition) is 4. The zero-order valence-corrected chi connectivity index (χ0v) is 14.8. The molecule has 5 heteroatoms. The van der Waals surface area contributed by atoms with E-state index in [4.69, 9.17) is 9.47 Å². The summed E-state index contributed by atoms with van der Waals surface area (Å²) in [5, 5.41) is 2.84. The predicted octanol–water partition coefficient (Wildman–Crippen LogP) is 3.85. The molecule has 0 aromatic heterocycles. The van der Waals surface area contributed by atoms with Crippen LogP contribution in [0.3, 0.4) is 0 Å². The van der Waals surface area contributed by atoms with Gasteiger partial charge in [-0.05, 0) is 38.0 Å². The Hall–Kier alpha value is -2.30. The van der Waals surface area contributed by atoms with E-state index >= 15 is 0 Å². The van der Waals surface area contributed by atoms with E-state index in [1.54, 1.807) is 40.7 Å². The summed E-state index contributed by atoms with van der Waals surface area (Å²) in [6.45, 7) is 8.96. The van der Waals surface area contributed by atoms with E-state index in [0.29, 0.717) is 0 Å². The fraction of sp³-hybridized carbons (Fsp3) is 0.474. The first-order valence-corrected chi connectivity index (χ1v) is 8.14. The number of amides is 1. The molecule has 2 atom stereocenters. The lowest BCUT2D eigenvalue weighted by Crippen LogP contribution is -2.42. The Morgan fingerprint density at radius 3 is 2.46 bits per heavy atom. The summed E-state index contributed by atoms with van der Waals surface area (Å²) in [7, 11) is 0. The molecule has 0 saturated carbocycles. The number of nitrogens with one attached hydrogen (secondary N) is 1. The highest BCUT2D eigenvalue weighted by Gasteiger charge is 2.32. The number of benzene rings is 1. The Morgan fingerprint density at radius 2 is 1.83 bits per heavy atom. The van der Waals surface area contributed by atoms with Crippen LogP contribution in [0.4, 0.5) is 4.79 Å². The van der Waals surface area contributed by atoms with Crippen molar-refractivity contribution in [1.29, 1.82) is 0 Å². The molecule has 1 N–H and O–H groups in total. The molecular weight excluding hydrogens is 306 g/mol. The van der Waals surface area contributed by atoms with Crippen LogP contribution in [0.2, 0.25) is 0 Å². The van der Waals surface area contributed by atoms with E-state index < -0.39 is 23.8 Å². The third kappa shape index (κ3) is 4.60. The number of esters is 1. The van der Waals surface area contributed by atoms with Gasteiger partial charge < -0.3 is 14.8 Å². The molecular formula is C19H25NO4. The van der Waals surface area contributed by atoms with E-state index in [-0.39, 0.29) is 11.9 Å². The molecule has 5 nitrogen and oxygen atoms in total. The standard InChI is InChI=1S/C19H25NO4/c1-12(2)17(21)23-15-11-10-13-8-6-7-9-14(13)16(15)20-18(22)24-19(3,4)5/h6-12,15-16H,1-5H3,(H,20,22)/t15-,16-/m0/s1. The van der Waals surface area contributed by atoms with Crippen LogP contribution in [0.5, 0.6) is 0 Å².